The van der Waals surface area contributed by atoms with Gasteiger partial charge in [-0.2, -0.15) is 0 Å². The molecule has 5 nitrogen and oxygen atoms in total. The smallest absolute Gasteiger partial charge is 0.305 e. The van der Waals surface area contributed by atoms with Gasteiger partial charge < -0.3 is 10.4 Å². The first-order chi connectivity index (χ1) is 15.3. The van der Waals surface area contributed by atoms with Crippen LogP contribution < -0.4 is 5.32 Å². The van der Waals surface area contributed by atoms with Crippen LogP contribution in [0, 0.1) is 17.0 Å². The zero-order valence-electron chi connectivity index (χ0n) is 18.5. The van der Waals surface area contributed by atoms with Crippen LogP contribution in [0.25, 0.3) is 0 Å². The molecule has 3 heterocycles. The Bertz CT molecular complexity index is 955. The van der Waals surface area contributed by atoms with Gasteiger partial charge in [0.05, 0.1) is 6.42 Å². The van der Waals surface area contributed by atoms with Gasteiger partial charge in [0.25, 0.3) is 0 Å². The normalized spacial score (nSPS) is 18.3. The minimum atomic E-state index is -0.972. The van der Waals surface area contributed by atoms with E-state index in [1.54, 1.807) is 0 Å². The number of nitrogens with one attached hydrogen (secondary N) is 1. The first-order valence-corrected chi connectivity index (χ1v) is 11.5. The van der Waals surface area contributed by atoms with Gasteiger partial charge in [-0.3, -0.25) is 9.69 Å². The molecule has 2 aliphatic heterocycles. The molecule has 7 heteroatoms. The second kappa shape index (κ2) is 9.53. The molecule has 2 aromatic rings. The maximum Gasteiger partial charge on any atom is 0.305 e. The monoisotopic (exact) mass is 443 g/mol. The molecule has 1 aromatic carbocycles. The maximum atomic E-state index is 13.7. The van der Waals surface area contributed by atoms with Gasteiger partial charge in [0.1, 0.15) is 17.5 Å². The van der Waals surface area contributed by atoms with Gasteiger partial charge in [0.2, 0.25) is 0 Å². The first-order valence-electron chi connectivity index (χ1n) is 11.5. The van der Waals surface area contributed by atoms with Gasteiger partial charge in [0, 0.05) is 37.4 Å². The maximum absolute atomic E-state index is 13.7. The number of aliphatic carboxylic acids is 1. The molecule has 1 saturated heterocycles. The van der Waals surface area contributed by atoms with E-state index >= 15 is 0 Å². The molecule has 0 spiro atoms. The summed E-state index contributed by atoms with van der Waals surface area (Å²) >= 11 is 0. The van der Waals surface area contributed by atoms with E-state index in [9.17, 15) is 18.7 Å². The number of halogens is 2. The van der Waals surface area contributed by atoms with E-state index in [0.29, 0.717) is 5.56 Å². The van der Waals surface area contributed by atoms with Crippen LogP contribution in [0.1, 0.15) is 61.9 Å². The summed E-state index contributed by atoms with van der Waals surface area (Å²) in [5, 5.41) is 12.7. The number of aromatic nitrogens is 1. The summed E-state index contributed by atoms with van der Waals surface area (Å²) in [5.41, 5.74) is 2.90. The Kier molecular flexibility index (Phi) is 6.74. The molecular weight excluding hydrogens is 412 g/mol. The number of unbranched alkanes of at least 4 members (excludes halogenated alkanes) is 1. The molecule has 0 saturated carbocycles. The number of carboxylic acid groups (broad SMARTS) is 1. The minimum absolute atomic E-state index is 0.0907. The molecule has 1 fully saturated rings. The predicted molar refractivity (Wildman–Crippen MR) is 120 cm³/mol. The molecular formula is C25H31F2N3O2. The van der Waals surface area contributed by atoms with Gasteiger partial charge in [0.15, 0.2) is 0 Å². The van der Waals surface area contributed by atoms with E-state index in [-0.39, 0.29) is 11.8 Å². The number of rotatable bonds is 9. The highest BCUT2D eigenvalue weighted by atomic mass is 19.1. The topological polar surface area (TPSA) is 65.5 Å². The molecule has 1 aromatic heterocycles. The second-order valence-corrected chi connectivity index (χ2v) is 9.58. The number of likely N-dealkylation sites (tertiary alicyclic amines) is 1. The molecule has 2 aliphatic rings. The standard InChI is InChI=1S/C25H31F2N3O2/c1-25(9-3-2-6-21-8-7-17-5-4-10-28-24(17)29-21)15-30(16-25)22(14-23(31)32)18-11-19(26)13-20(27)12-18/h7-8,11-13,22H,2-6,9-10,14-16H2,1H3,(H,28,29)(H,31,32)/t22-/m0/s1. The molecule has 1 atom stereocenters. The highest BCUT2D eigenvalue weighted by molar-refractivity contribution is 5.68. The molecule has 2 N–H and O–H groups in total. The summed E-state index contributed by atoms with van der Waals surface area (Å²) in [7, 11) is 0. The van der Waals surface area contributed by atoms with E-state index in [4.69, 9.17) is 4.98 Å². The average molecular weight is 444 g/mol. The summed E-state index contributed by atoms with van der Waals surface area (Å²) in [6, 6.07) is 7.10. The van der Waals surface area contributed by atoms with Crippen LogP contribution in [0.5, 0.6) is 0 Å². The van der Waals surface area contributed by atoms with Crippen molar-refractivity contribution in [3.05, 3.63) is 58.8 Å². The lowest BCUT2D eigenvalue weighted by Crippen LogP contribution is -2.56. The van der Waals surface area contributed by atoms with Crippen LogP contribution in [-0.4, -0.2) is 40.6 Å². The number of benzene rings is 1. The van der Waals surface area contributed by atoms with Crippen LogP contribution >= 0.6 is 0 Å². The molecule has 0 amide bonds. The van der Waals surface area contributed by atoms with Gasteiger partial charge >= 0.3 is 5.97 Å². The van der Waals surface area contributed by atoms with Gasteiger partial charge in [-0.1, -0.05) is 19.4 Å². The van der Waals surface area contributed by atoms with Crippen molar-refractivity contribution in [2.45, 2.75) is 57.9 Å². The quantitative estimate of drug-likeness (QED) is 0.536. The average Bonchev–Trinajstić information content (AvgIpc) is 2.72. The molecule has 0 radical (unpaired) electrons. The van der Waals surface area contributed by atoms with E-state index in [1.807, 2.05) is 4.90 Å². The van der Waals surface area contributed by atoms with Crippen LogP contribution in [-0.2, 0) is 17.6 Å². The molecule has 172 valence electrons. The Balaban J connectivity index is 1.28. The van der Waals surface area contributed by atoms with E-state index in [0.717, 1.165) is 75.7 Å². The molecule has 0 bridgehead atoms. The fourth-order valence-corrected chi connectivity index (χ4v) is 5.07. The van der Waals surface area contributed by atoms with E-state index < -0.39 is 23.6 Å². The Morgan fingerprint density at radius 2 is 1.97 bits per heavy atom. The molecule has 32 heavy (non-hydrogen) atoms. The highest BCUT2D eigenvalue weighted by Gasteiger charge is 2.42. The van der Waals surface area contributed by atoms with Crippen molar-refractivity contribution in [3.8, 4) is 0 Å². The Labute approximate surface area is 187 Å². The Morgan fingerprint density at radius 3 is 2.69 bits per heavy atom. The van der Waals surface area contributed by atoms with Gasteiger partial charge in [-0.05, 0) is 66.8 Å². The third-order valence-corrected chi connectivity index (χ3v) is 6.66. The first kappa shape index (κ1) is 22.6. The third-order valence-electron chi connectivity index (χ3n) is 6.66. The van der Waals surface area contributed by atoms with Crippen LogP contribution in [0.3, 0.4) is 0 Å². The molecule has 0 unspecified atom stereocenters. The van der Waals surface area contributed by atoms with Crippen molar-refractivity contribution < 1.29 is 18.7 Å². The number of hydrogen-bond acceptors (Lipinski definition) is 4. The fraction of sp³-hybridized carbons (Fsp3) is 0.520. The lowest BCUT2D eigenvalue weighted by molar-refractivity contribution is -0.140. The Morgan fingerprint density at radius 1 is 1.22 bits per heavy atom. The predicted octanol–water partition coefficient (Wildman–Crippen LogP) is 4.97. The molecule has 0 aliphatic carbocycles. The zero-order valence-corrected chi connectivity index (χ0v) is 18.5. The summed E-state index contributed by atoms with van der Waals surface area (Å²) in [6.45, 7) is 4.65. The van der Waals surface area contributed by atoms with Crippen molar-refractivity contribution in [3.63, 3.8) is 0 Å². The van der Waals surface area contributed by atoms with E-state index in [2.05, 4.69) is 24.4 Å². The van der Waals surface area contributed by atoms with Crippen molar-refractivity contribution in [2.24, 2.45) is 5.41 Å². The molecule has 4 rings (SSSR count). The summed E-state index contributed by atoms with van der Waals surface area (Å²) < 4.78 is 27.4. The number of carboxylic acids is 1. The number of aryl methyl sites for hydroxylation is 2. The number of nitrogens with zero attached hydrogens (tertiary/aromatic N) is 2. The van der Waals surface area contributed by atoms with Crippen molar-refractivity contribution in [1.82, 2.24) is 9.88 Å². The number of hydrogen-bond donors (Lipinski definition) is 2. The highest BCUT2D eigenvalue weighted by Crippen LogP contribution is 2.41. The second-order valence-electron chi connectivity index (χ2n) is 9.58. The van der Waals surface area contributed by atoms with Crippen molar-refractivity contribution in [2.75, 3.05) is 25.0 Å². The zero-order chi connectivity index (χ0) is 22.7. The summed E-state index contributed by atoms with van der Waals surface area (Å²) in [5.74, 6) is -1.29. The number of fused-ring (bicyclic) bond motifs is 1. The van der Waals surface area contributed by atoms with Crippen molar-refractivity contribution >= 4 is 11.8 Å². The van der Waals surface area contributed by atoms with E-state index in [1.165, 1.54) is 17.7 Å². The Hall–Kier alpha value is -2.54. The largest absolute Gasteiger partial charge is 0.481 e. The number of anilines is 1. The summed E-state index contributed by atoms with van der Waals surface area (Å²) in [6.07, 6.45) is 6.17. The summed E-state index contributed by atoms with van der Waals surface area (Å²) in [4.78, 5) is 18.2. The van der Waals surface area contributed by atoms with Crippen LogP contribution in [0.15, 0.2) is 30.3 Å². The van der Waals surface area contributed by atoms with Crippen molar-refractivity contribution in [1.29, 1.82) is 0 Å². The fourth-order valence-electron chi connectivity index (χ4n) is 5.07. The minimum Gasteiger partial charge on any atom is -0.481 e. The van der Waals surface area contributed by atoms with Gasteiger partial charge in [-0.25, -0.2) is 13.8 Å². The number of carbonyl (C=O) groups is 1. The van der Waals surface area contributed by atoms with Crippen LogP contribution in [0.4, 0.5) is 14.6 Å². The lowest BCUT2D eigenvalue weighted by Gasteiger charge is -2.52. The third kappa shape index (κ3) is 5.44. The SMILES string of the molecule is CC1(CCCCc2ccc3c(n2)NCCC3)CN([C@@H](CC(=O)O)c2cc(F)cc(F)c2)C1. The van der Waals surface area contributed by atoms with Gasteiger partial charge in [-0.15, -0.1) is 0 Å². The van der Waals surface area contributed by atoms with Crippen LogP contribution in [0.2, 0.25) is 0 Å². The number of pyridine rings is 1. The lowest BCUT2D eigenvalue weighted by atomic mass is 9.75.